The van der Waals surface area contributed by atoms with E-state index in [9.17, 15) is 4.79 Å². The summed E-state index contributed by atoms with van der Waals surface area (Å²) in [5.74, 6) is 0.877. The van der Waals surface area contributed by atoms with Crippen LogP contribution < -0.4 is 5.56 Å². The molecule has 0 atom stereocenters. The van der Waals surface area contributed by atoms with Crippen molar-refractivity contribution >= 4 is 23.1 Å². The minimum atomic E-state index is -0.0481. The van der Waals surface area contributed by atoms with Crippen LogP contribution in [0.4, 0.5) is 0 Å². The van der Waals surface area contributed by atoms with E-state index in [1.807, 2.05) is 85.5 Å². The Bertz CT molecular complexity index is 1260. The van der Waals surface area contributed by atoms with E-state index in [-0.39, 0.29) is 11.5 Å². The summed E-state index contributed by atoms with van der Waals surface area (Å²) >= 11 is 0. The molecular weight excluding hydrogens is 360 g/mol. The summed E-state index contributed by atoms with van der Waals surface area (Å²) in [6, 6.07) is 15.5. The van der Waals surface area contributed by atoms with Gasteiger partial charge in [-0.15, -0.1) is 0 Å². The minimum absolute atomic E-state index is 0.0481. The Morgan fingerprint density at radius 2 is 1.69 bits per heavy atom. The first kappa shape index (κ1) is 18.9. The van der Waals surface area contributed by atoms with Gasteiger partial charge in [-0.2, -0.15) is 5.10 Å². The standard InChI is InChI=1S/C24H24N4O/c1-16(2)23-26-21-12-8-9-18(13-14-19-15-25-27(4)17(19)3)22(21)24(29)28(23)20-10-6-5-7-11-20/h5-16H,1-4H3/b14-13+. The van der Waals surface area contributed by atoms with Crippen molar-refractivity contribution in [2.45, 2.75) is 26.7 Å². The largest absolute Gasteiger partial charge is 0.272 e. The number of benzene rings is 2. The molecule has 2 aromatic heterocycles. The Hall–Kier alpha value is -3.47. The molecule has 0 spiro atoms. The van der Waals surface area contributed by atoms with E-state index in [4.69, 9.17) is 4.98 Å². The number of aromatic nitrogens is 4. The molecule has 29 heavy (non-hydrogen) atoms. The molecule has 4 rings (SSSR count). The molecule has 0 saturated heterocycles. The lowest BCUT2D eigenvalue weighted by Gasteiger charge is -2.16. The molecule has 0 aliphatic carbocycles. The highest BCUT2D eigenvalue weighted by molar-refractivity contribution is 5.90. The molecule has 2 heterocycles. The van der Waals surface area contributed by atoms with Gasteiger partial charge in [0.15, 0.2) is 0 Å². The number of hydrogen-bond acceptors (Lipinski definition) is 3. The van der Waals surface area contributed by atoms with Gasteiger partial charge in [-0.3, -0.25) is 14.0 Å². The Balaban J connectivity index is 1.96. The summed E-state index contributed by atoms with van der Waals surface area (Å²) in [5, 5.41) is 4.90. The zero-order chi connectivity index (χ0) is 20.5. The van der Waals surface area contributed by atoms with Crippen molar-refractivity contribution in [1.82, 2.24) is 19.3 Å². The van der Waals surface area contributed by atoms with E-state index in [0.29, 0.717) is 5.39 Å². The van der Waals surface area contributed by atoms with E-state index in [0.717, 1.165) is 33.8 Å². The normalized spacial score (nSPS) is 11.8. The molecule has 0 bridgehead atoms. The molecule has 5 heteroatoms. The second-order valence-corrected chi connectivity index (χ2v) is 7.48. The fraction of sp³-hybridized carbons (Fsp3) is 0.208. The molecule has 0 fully saturated rings. The Labute approximate surface area is 170 Å². The maximum atomic E-state index is 13.6. The zero-order valence-electron chi connectivity index (χ0n) is 17.1. The highest BCUT2D eigenvalue weighted by Crippen LogP contribution is 2.22. The molecular formula is C24H24N4O. The molecule has 0 unspecified atom stereocenters. The van der Waals surface area contributed by atoms with E-state index in [1.54, 1.807) is 4.57 Å². The van der Waals surface area contributed by atoms with Crippen LogP contribution in [0, 0.1) is 6.92 Å². The van der Waals surface area contributed by atoms with Crippen molar-refractivity contribution < 1.29 is 0 Å². The van der Waals surface area contributed by atoms with Crippen molar-refractivity contribution in [3.63, 3.8) is 0 Å². The fourth-order valence-electron chi connectivity index (χ4n) is 3.48. The van der Waals surface area contributed by atoms with Gasteiger partial charge in [0.25, 0.3) is 5.56 Å². The summed E-state index contributed by atoms with van der Waals surface area (Å²) in [6.45, 7) is 6.14. The molecule has 0 amide bonds. The predicted molar refractivity (Wildman–Crippen MR) is 118 cm³/mol. The van der Waals surface area contributed by atoms with E-state index in [1.165, 1.54) is 0 Å². The van der Waals surface area contributed by atoms with Crippen molar-refractivity contribution in [3.8, 4) is 5.69 Å². The number of rotatable bonds is 4. The average molecular weight is 384 g/mol. The predicted octanol–water partition coefficient (Wildman–Crippen LogP) is 4.72. The zero-order valence-corrected chi connectivity index (χ0v) is 17.1. The van der Waals surface area contributed by atoms with Crippen molar-refractivity contribution in [1.29, 1.82) is 0 Å². The number of nitrogens with zero attached hydrogens (tertiary/aromatic N) is 4. The van der Waals surface area contributed by atoms with E-state index < -0.39 is 0 Å². The Morgan fingerprint density at radius 3 is 2.34 bits per heavy atom. The monoisotopic (exact) mass is 384 g/mol. The van der Waals surface area contributed by atoms with Crippen LogP contribution in [0.5, 0.6) is 0 Å². The molecule has 0 aliphatic heterocycles. The van der Waals surface area contributed by atoms with Crippen LogP contribution in [-0.4, -0.2) is 19.3 Å². The fourth-order valence-corrected chi connectivity index (χ4v) is 3.48. The molecule has 0 N–H and O–H groups in total. The third-order valence-corrected chi connectivity index (χ3v) is 5.20. The van der Waals surface area contributed by atoms with Crippen LogP contribution in [0.2, 0.25) is 0 Å². The van der Waals surface area contributed by atoms with Gasteiger partial charge in [-0.05, 0) is 30.7 Å². The van der Waals surface area contributed by atoms with Crippen LogP contribution in [0.3, 0.4) is 0 Å². The number of hydrogen-bond donors (Lipinski definition) is 0. The van der Waals surface area contributed by atoms with Gasteiger partial charge in [0.05, 0.1) is 22.8 Å². The summed E-state index contributed by atoms with van der Waals surface area (Å²) in [7, 11) is 1.92. The second kappa shape index (κ2) is 7.51. The lowest BCUT2D eigenvalue weighted by molar-refractivity contribution is 0.723. The lowest BCUT2D eigenvalue weighted by atomic mass is 10.1. The Kier molecular flexibility index (Phi) is 4.89. The van der Waals surface area contributed by atoms with Gasteiger partial charge in [-0.1, -0.05) is 56.3 Å². The highest BCUT2D eigenvalue weighted by atomic mass is 16.1. The van der Waals surface area contributed by atoms with Crippen LogP contribution in [-0.2, 0) is 7.05 Å². The van der Waals surface area contributed by atoms with Crippen LogP contribution in [0.25, 0.3) is 28.7 Å². The highest BCUT2D eigenvalue weighted by Gasteiger charge is 2.16. The molecule has 4 aromatic rings. The van der Waals surface area contributed by atoms with Gasteiger partial charge in [-0.25, -0.2) is 4.98 Å². The number of para-hydroxylation sites is 1. The molecule has 5 nitrogen and oxygen atoms in total. The molecule has 2 aromatic carbocycles. The van der Waals surface area contributed by atoms with Gasteiger partial charge in [0.1, 0.15) is 5.82 Å². The lowest BCUT2D eigenvalue weighted by Crippen LogP contribution is -2.25. The van der Waals surface area contributed by atoms with Crippen molar-refractivity contribution in [2.24, 2.45) is 7.05 Å². The number of aryl methyl sites for hydroxylation is 1. The van der Waals surface area contributed by atoms with Crippen LogP contribution in [0.15, 0.2) is 59.5 Å². The third-order valence-electron chi connectivity index (χ3n) is 5.20. The first-order chi connectivity index (χ1) is 14.0. The maximum Gasteiger partial charge on any atom is 0.266 e. The van der Waals surface area contributed by atoms with Gasteiger partial charge in [0.2, 0.25) is 0 Å². The van der Waals surface area contributed by atoms with Crippen molar-refractivity contribution in [3.05, 3.63) is 87.7 Å². The third kappa shape index (κ3) is 3.40. The summed E-state index contributed by atoms with van der Waals surface area (Å²) in [5.41, 5.74) is 4.45. The quantitative estimate of drug-likeness (QED) is 0.511. The van der Waals surface area contributed by atoms with E-state index in [2.05, 4.69) is 18.9 Å². The topological polar surface area (TPSA) is 52.7 Å². The molecule has 146 valence electrons. The SMILES string of the molecule is Cc1c(/C=C/c2cccc3nc(C(C)C)n(-c4ccccc4)c(=O)c23)cnn1C. The van der Waals surface area contributed by atoms with Gasteiger partial charge >= 0.3 is 0 Å². The van der Waals surface area contributed by atoms with E-state index >= 15 is 0 Å². The first-order valence-corrected chi connectivity index (χ1v) is 9.75. The molecule has 0 aliphatic rings. The molecule has 0 radical (unpaired) electrons. The smallest absolute Gasteiger partial charge is 0.266 e. The maximum absolute atomic E-state index is 13.6. The van der Waals surface area contributed by atoms with Crippen molar-refractivity contribution in [2.75, 3.05) is 0 Å². The molecule has 0 saturated carbocycles. The second-order valence-electron chi connectivity index (χ2n) is 7.48. The van der Waals surface area contributed by atoms with Gasteiger partial charge in [0, 0.05) is 24.2 Å². The number of fused-ring (bicyclic) bond motifs is 1. The average Bonchev–Trinajstić information content (AvgIpc) is 3.04. The van der Waals surface area contributed by atoms with Crippen LogP contribution >= 0.6 is 0 Å². The summed E-state index contributed by atoms with van der Waals surface area (Å²) < 4.78 is 3.57. The first-order valence-electron chi connectivity index (χ1n) is 9.75. The summed E-state index contributed by atoms with van der Waals surface area (Å²) in [4.78, 5) is 18.5. The summed E-state index contributed by atoms with van der Waals surface area (Å²) in [6.07, 6.45) is 5.80. The minimum Gasteiger partial charge on any atom is -0.272 e. The Morgan fingerprint density at radius 1 is 0.966 bits per heavy atom. The van der Waals surface area contributed by atoms with Crippen LogP contribution in [0.1, 0.15) is 42.4 Å². The van der Waals surface area contributed by atoms with Gasteiger partial charge < -0.3 is 0 Å².